The van der Waals surface area contributed by atoms with E-state index in [1.54, 1.807) is 11.8 Å². The molecule has 0 unspecified atom stereocenters. The van der Waals surface area contributed by atoms with Crippen molar-refractivity contribution in [2.75, 3.05) is 18.8 Å². The third kappa shape index (κ3) is 6.65. The smallest absolute Gasteiger partial charge is 0.365 e. The van der Waals surface area contributed by atoms with Crippen molar-refractivity contribution in [1.82, 2.24) is 5.32 Å². The van der Waals surface area contributed by atoms with Crippen LogP contribution >= 0.6 is 11.8 Å². The number of hydrogen-bond donors (Lipinski definition) is 1. The van der Waals surface area contributed by atoms with E-state index in [-0.39, 0.29) is 6.42 Å². The summed E-state index contributed by atoms with van der Waals surface area (Å²) in [5.41, 5.74) is 0. The zero-order chi connectivity index (χ0) is 11.1. The van der Waals surface area contributed by atoms with E-state index in [2.05, 4.69) is 10.3 Å². The summed E-state index contributed by atoms with van der Waals surface area (Å²) < 4.78 is 35.4. The molecule has 0 aromatic carbocycles. The molecule has 1 N–H and O–H groups in total. The van der Waals surface area contributed by atoms with Crippen LogP contribution in [-0.4, -0.2) is 30.2 Å². The zero-order valence-electron chi connectivity index (χ0n) is 8.44. The van der Waals surface area contributed by atoms with E-state index in [1.165, 1.54) is 0 Å². The highest BCUT2D eigenvalue weighted by molar-refractivity contribution is 8.13. The Balaban J connectivity index is 1.99. The number of nitrogens with zero attached hydrogens (tertiary/aromatic N) is 1. The van der Waals surface area contributed by atoms with Crippen molar-refractivity contribution >= 4 is 16.9 Å². The van der Waals surface area contributed by atoms with Gasteiger partial charge in [-0.25, -0.2) is 0 Å². The molecule has 0 fully saturated rings. The second kappa shape index (κ2) is 6.25. The molecule has 0 radical (unpaired) electrons. The Kier molecular flexibility index (Phi) is 5.28. The lowest BCUT2D eigenvalue weighted by atomic mass is 10.2. The van der Waals surface area contributed by atoms with Crippen LogP contribution < -0.4 is 5.32 Å². The van der Waals surface area contributed by atoms with Gasteiger partial charge in [0.1, 0.15) is 0 Å². The second-order valence-electron chi connectivity index (χ2n) is 3.39. The highest BCUT2D eigenvalue weighted by atomic mass is 32.2. The number of aliphatic imine (C=N–C) groups is 1. The molecule has 0 atom stereocenters. The lowest BCUT2D eigenvalue weighted by Crippen LogP contribution is -2.24. The van der Waals surface area contributed by atoms with Crippen molar-refractivity contribution < 1.29 is 13.2 Å². The van der Waals surface area contributed by atoms with E-state index in [4.69, 9.17) is 0 Å². The lowest BCUT2D eigenvalue weighted by molar-refractivity contribution is -0.135. The molecule has 0 aliphatic carbocycles. The van der Waals surface area contributed by atoms with Gasteiger partial charge in [0.2, 0.25) is 0 Å². The molecule has 0 aromatic rings. The highest BCUT2D eigenvalue weighted by Crippen LogP contribution is 2.21. The van der Waals surface area contributed by atoms with Gasteiger partial charge in [0.05, 0.1) is 0 Å². The fourth-order valence-electron chi connectivity index (χ4n) is 1.21. The van der Waals surface area contributed by atoms with Crippen LogP contribution in [-0.2, 0) is 0 Å². The minimum atomic E-state index is -4.02. The first-order valence-electron chi connectivity index (χ1n) is 5.06. The summed E-state index contributed by atoms with van der Waals surface area (Å²) in [7, 11) is 0. The number of amidine groups is 1. The largest absolute Gasteiger partial charge is 0.389 e. The molecule has 0 bridgehead atoms. The van der Waals surface area contributed by atoms with Crippen molar-refractivity contribution in [1.29, 1.82) is 0 Å². The Morgan fingerprint density at radius 2 is 2.13 bits per heavy atom. The molecule has 1 rings (SSSR count). The molecule has 1 heterocycles. The van der Waals surface area contributed by atoms with Crippen molar-refractivity contribution in [3.63, 3.8) is 0 Å². The average Bonchev–Trinajstić information content (AvgIpc) is 2.17. The summed E-state index contributed by atoms with van der Waals surface area (Å²) in [5.74, 6) is 1.05. The number of nitrogens with one attached hydrogen (secondary N) is 1. The van der Waals surface area contributed by atoms with Crippen LogP contribution in [0.2, 0.25) is 0 Å². The van der Waals surface area contributed by atoms with Crippen molar-refractivity contribution in [3.8, 4) is 0 Å². The summed E-state index contributed by atoms with van der Waals surface area (Å²) in [4.78, 5) is 4.22. The van der Waals surface area contributed by atoms with Crippen LogP contribution in [0.4, 0.5) is 13.2 Å². The fraction of sp³-hybridized carbons (Fsp3) is 0.889. The van der Waals surface area contributed by atoms with E-state index in [0.717, 1.165) is 23.9 Å². The Bertz CT molecular complexity index is 216. The zero-order valence-corrected chi connectivity index (χ0v) is 9.26. The maximum Gasteiger partial charge on any atom is 0.389 e. The molecule has 0 amide bonds. The first-order chi connectivity index (χ1) is 7.08. The minimum Gasteiger partial charge on any atom is -0.365 e. The van der Waals surface area contributed by atoms with Crippen LogP contribution in [0.3, 0.4) is 0 Å². The standard InChI is InChI=1S/C9H15F3N2S/c10-9(11,12)4-1-2-5-13-8-14-6-3-7-15-8/h1-7H2,(H,13,14). The first-order valence-corrected chi connectivity index (χ1v) is 6.04. The molecule has 0 saturated carbocycles. The van der Waals surface area contributed by atoms with E-state index in [9.17, 15) is 13.2 Å². The Morgan fingerprint density at radius 1 is 1.33 bits per heavy atom. The molecule has 15 heavy (non-hydrogen) atoms. The van der Waals surface area contributed by atoms with Gasteiger partial charge < -0.3 is 5.32 Å². The summed E-state index contributed by atoms with van der Waals surface area (Å²) in [6, 6.07) is 0. The maximum absolute atomic E-state index is 11.8. The van der Waals surface area contributed by atoms with Crippen LogP contribution in [0.1, 0.15) is 25.7 Å². The van der Waals surface area contributed by atoms with Gasteiger partial charge in [-0.2, -0.15) is 13.2 Å². The summed E-state index contributed by atoms with van der Waals surface area (Å²) in [6.07, 6.45) is -2.89. The third-order valence-corrected chi connectivity index (χ3v) is 3.00. The Labute approximate surface area is 91.7 Å². The highest BCUT2D eigenvalue weighted by Gasteiger charge is 2.25. The molecule has 0 spiro atoms. The normalized spacial score (nSPS) is 17.4. The molecular weight excluding hydrogens is 225 g/mol. The van der Waals surface area contributed by atoms with Crippen LogP contribution in [0.5, 0.6) is 0 Å². The minimum absolute atomic E-state index is 0.189. The molecule has 6 heteroatoms. The quantitative estimate of drug-likeness (QED) is 0.764. The van der Waals surface area contributed by atoms with E-state index < -0.39 is 12.6 Å². The van der Waals surface area contributed by atoms with Gasteiger partial charge in [-0.1, -0.05) is 11.8 Å². The van der Waals surface area contributed by atoms with Crippen molar-refractivity contribution in [2.24, 2.45) is 4.99 Å². The molecule has 88 valence electrons. The van der Waals surface area contributed by atoms with Gasteiger partial charge >= 0.3 is 6.18 Å². The SMILES string of the molecule is FC(F)(F)CCCCNC1=NCCCS1. The molecule has 1 aliphatic rings. The Morgan fingerprint density at radius 3 is 2.73 bits per heavy atom. The molecular formula is C9H15F3N2S. The predicted octanol–water partition coefficient (Wildman–Crippen LogP) is 2.80. The number of thioether (sulfide) groups is 1. The number of rotatable bonds is 4. The Hall–Kier alpha value is -0.390. The van der Waals surface area contributed by atoms with Crippen molar-refractivity contribution in [2.45, 2.75) is 31.9 Å². The van der Waals surface area contributed by atoms with Crippen molar-refractivity contribution in [3.05, 3.63) is 0 Å². The fourth-order valence-corrected chi connectivity index (χ4v) is 2.07. The average molecular weight is 240 g/mol. The molecule has 0 aromatic heterocycles. The van der Waals surface area contributed by atoms with Gasteiger partial charge in [0.15, 0.2) is 5.17 Å². The first kappa shape index (κ1) is 12.7. The molecule has 2 nitrogen and oxygen atoms in total. The number of alkyl halides is 3. The van der Waals surface area contributed by atoms with Crippen LogP contribution in [0.15, 0.2) is 4.99 Å². The van der Waals surface area contributed by atoms with Gasteiger partial charge in [0, 0.05) is 25.3 Å². The van der Waals surface area contributed by atoms with Crippen LogP contribution in [0.25, 0.3) is 0 Å². The second-order valence-corrected chi connectivity index (χ2v) is 4.47. The van der Waals surface area contributed by atoms with E-state index >= 15 is 0 Å². The van der Waals surface area contributed by atoms with E-state index in [1.807, 2.05) is 0 Å². The van der Waals surface area contributed by atoms with Crippen LogP contribution in [0, 0.1) is 0 Å². The third-order valence-electron chi connectivity index (χ3n) is 1.96. The summed E-state index contributed by atoms with van der Waals surface area (Å²) >= 11 is 1.64. The van der Waals surface area contributed by atoms with Gasteiger partial charge in [0.25, 0.3) is 0 Å². The molecule has 1 aliphatic heterocycles. The number of halogens is 3. The molecule has 0 saturated heterocycles. The predicted molar refractivity (Wildman–Crippen MR) is 57.3 cm³/mol. The monoisotopic (exact) mass is 240 g/mol. The van der Waals surface area contributed by atoms with Gasteiger partial charge in [-0.15, -0.1) is 0 Å². The summed E-state index contributed by atoms with van der Waals surface area (Å²) in [5, 5.41) is 3.94. The summed E-state index contributed by atoms with van der Waals surface area (Å²) in [6.45, 7) is 1.42. The van der Waals surface area contributed by atoms with Gasteiger partial charge in [-0.05, 0) is 19.3 Å². The lowest BCUT2D eigenvalue weighted by Gasteiger charge is -2.13. The number of hydrogen-bond acceptors (Lipinski definition) is 3. The maximum atomic E-state index is 11.8. The topological polar surface area (TPSA) is 24.4 Å². The van der Waals surface area contributed by atoms with Gasteiger partial charge in [-0.3, -0.25) is 4.99 Å². The van der Waals surface area contributed by atoms with E-state index in [0.29, 0.717) is 13.0 Å². The number of unbranched alkanes of at least 4 members (excludes halogenated alkanes) is 1.